The van der Waals surface area contributed by atoms with Crippen molar-refractivity contribution in [1.29, 1.82) is 0 Å². The van der Waals surface area contributed by atoms with E-state index in [9.17, 15) is 14.7 Å². The van der Waals surface area contributed by atoms with Crippen LogP contribution in [0.25, 0.3) is 10.9 Å². The van der Waals surface area contributed by atoms with Crippen LogP contribution in [0, 0.1) is 0 Å². The summed E-state index contributed by atoms with van der Waals surface area (Å²) in [7, 11) is 0. The topological polar surface area (TPSA) is 71.8 Å². The molecule has 0 spiro atoms. The van der Waals surface area contributed by atoms with Crippen LogP contribution in [0.2, 0.25) is 10.0 Å². The Balaban J connectivity index is 0.00000243. The van der Waals surface area contributed by atoms with Gasteiger partial charge >= 0.3 is 41.6 Å². The molecule has 0 unspecified atom stereocenters. The van der Waals surface area contributed by atoms with Gasteiger partial charge in [0.2, 0.25) is 0 Å². The fourth-order valence-corrected chi connectivity index (χ4v) is 3.66. The summed E-state index contributed by atoms with van der Waals surface area (Å²) in [6, 6.07) is 3.54. The first-order chi connectivity index (χ1) is 11.9. The van der Waals surface area contributed by atoms with Crippen LogP contribution in [0.5, 0.6) is 0 Å². The molecule has 9 heteroatoms. The molecule has 3 rings (SSSR count). The normalized spacial score (nSPS) is 13.7. The molecule has 26 heavy (non-hydrogen) atoms. The van der Waals surface area contributed by atoms with Crippen molar-refractivity contribution in [3.63, 3.8) is 0 Å². The van der Waals surface area contributed by atoms with Crippen LogP contribution in [0.4, 0.5) is 4.79 Å². The molecule has 0 bridgehead atoms. The molecular formula is C17H19Cl2N2NaO4. The van der Waals surface area contributed by atoms with Crippen molar-refractivity contribution in [2.45, 2.75) is 26.3 Å². The van der Waals surface area contributed by atoms with Crippen molar-refractivity contribution in [2.24, 2.45) is 0 Å². The Hall–Kier alpha value is -0.920. The number of halogens is 2. The van der Waals surface area contributed by atoms with Crippen LogP contribution in [0.1, 0.15) is 18.2 Å². The number of benzene rings is 1. The van der Waals surface area contributed by atoms with Crippen LogP contribution in [0.3, 0.4) is 0 Å². The molecule has 136 valence electrons. The van der Waals surface area contributed by atoms with Crippen molar-refractivity contribution in [3.8, 4) is 0 Å². The van der Waals surface area contributed by atoms with Gasteiger partial charge in [-0.15, -0.1) is 0 Å². The van der Waals surface area contributed by atoms with Gasteiger partial charge in [0.1, 0.15) is 6.54 Å². The molecule has 0 saturated heterocycles. The van der Waals surface area contributed by atoms with E-state index in [1.165, 1.54) is 4.90 Å². The molecule has 0 saturated carbocycles. The molecular weight excluding hydrogens is 390 g/mol. The van der Waals surface area contributed by atoms with Crippen molar-refractivity contribution < 1.29 is 19.4 Å². The Morgan fingerprint density at radius 3 is 2.50 bits per heavy atom. The number of carboxylic acid groups (broad SMARTS) is 1. The van der Waals surface area contributed by atoms with Gasteiger partial charge in [0, 0.05) is 30.6 Å². The minimum atomic E-state index is -0.938. The summed E-state index contributed by atoms with van der Waals surface area (Å²) in [6.45, 7) is 2.90. The predicted octanol–water partition coefficient (Wildman–Crippen LogP) is 2.94. The van der Waals surface area contributed by atoms with Gasteiger partial charge in [-0.3, -0.25) is 4.79 Å². The van der Waals surface area contributed by atoms with Gasteiger partial charge < -0.3 is 19.3 Å². The van der Waals surface area contributed by atoms with Crippen LogP contribution in [-0.2, 0) is 28.9 Å². The quantitative estimate of drug-likeness (QED) is 0.625. The molecule has 0 radical (unpaired) electrons. The third-order valence-corrected chi connectivity index (χ3v) is 5.16. The summed E-state index contributed by atoms with van der Waals surface area (Å²) >= 11 is 12.3. The van der Waals surface area contributed by atoms with Crippen molar-refractivity contribution in [1.82, 2.24) is 9.47 Å². The molecule has 2 aromatic rings. The maximum absolute atomic E-state index is 12.0. The predicted molar refractivity (Wildman–Crippen MR) is 103 cm³/mol. The zero-order valence-electron chi connectivity index (χ0n) is 13.7. The summed E-state index contributed by atoms with van der Waals surface area (Å²) in [4.78, 5) is 24.7. The van der Waals surface area contributed by atoms with Crippen LogP contribution < -0.4 is 0 Å². The van der Waals surface area contributed by atoms with Crippen molar-refractivity contribution in [2.75, 3.05) is 19.7 Å². The number of hydrogen-bond acceptors (Lipinski definition) is 3. The average molecular weight is 409 g/mol. The molecule has 1 aromatic heterocycles. The molecule has 1 N–H and O–H groups in total. The molecule has 6 nitrogen and oxygen atoms in total. The fraction of sp³-hybridized carbons (Fsp3) is 0.412. The van der Waals surface area contributed by atoms with E-state index in [4.69, 9.17) is 27.9 Å². The summed E-state index contributed by atoms with van der Waals surface area (Å²) in [6.07, 6.45) is 0.143. The SMILES string of the molecule is CCOC(=O)Cn1c2c(c3cc(Cl)c(Cl)cc31)CCN(C(=O)O)CC2.[NaH]. The number of hydrogen-bond donors (Lipinski definition) is 1. The van der Waals surface area contributed by atoms with E-state index < -0.39 is 6.09 Å². The van der Waals surface area contributed by atoms with E-state index >= 15 is 0 Å². The number of aromatic nitrogens is 1. The van der Waals surface area contributed by atoms with Gasteiger partial charge in [-0.2, -0.15) is 0 Å². The Bertz CT molecular complexity index is 853. The summed E-state index contributed by atoms with van der Waals surface area (Å²) in [5, 5.41) is 11.0. The summed E-state index contributed by atoms with van der Waals surface area (Å²) in [5.74, 6) is -0.340. The number of nitrogens with zero attached hydrogens (tertiary/aromatic N) is 2. The van der Waals surface area contributed by atoms with E-state index in [0.717, 1.165) is 22.2 Å². The van der Waals surface area contributed by atoms with Gasteiger partial charge in [0.25, 0.3) is 0 Å². The average Bonchev–Trinajstić information content (AvgIpc) is 2.72. The molecule has 1 aliphatic rings. The Morgan fingerprint density at radius 2 is 1.85 bits per heavy atom. The number of rotatable bonds is 3. The van der Waals surface area contributed by atoms with E-state index in [2.05, 4.69) is 0 Å². The number of esters is 1. The van der Waals surface area contributed by atoms with Gasteiger partial charge in [-0.05, 0) is 31.0 Å². The van der Waals surface area contributed by atoms with Gasteiger partial charge in [0.05, 0.1) is 22.2 Å². The third-order valence-electron chi connectivity index (χ3n) is 4.44. The van der Waals surface area contributed by atoms with Crippen molar-refractivity contribution >= 4 is 75.7 Å². The fourth-order valence-electron chi connectivity index (χ4n) is 3.34. The second-order valence-electron chi connectivity index (χ2n) is 5.87. The second-order valence-corrected chi connectivity index (χ2v) is 6.68. The zero-order valence-corrected chi connectivity index (χ0v) is 15.2. The molecule has 2 heterocycles. The molecule has 1 aromatic carbocycles. The molecule has 1 aliphatic heterocycles. The first kappa shape index (κ1) is 21.4. The number of carbonyl (C=O) groups is 2. The number of ether oxygens (including phenoxy) is 1. The monoisotopic (exact) mass is 408 g/mol. The van der Waals surface area contributed by atoms with Crippen LogP contribution in [0.15, 0.2) is 12.1 Å². The van der Waals surface area contributed by atoms with E-state index in [1.807, 2.05) is 4.57 Å². The number of carbonyl (C=O) groups excluding carboxylic acids is 1. The van der Waals surface area contributed by atoms with E-state index in [0.29, 0.717) is 42.6 Å². The number of amides is 1. The molecule has 0 fully saturated rings. The number of fused-ring (bicyclic) bond motifs is 3. The van der Waals surface area contributed by atoms with Gasteiger partial charge in [0.15, 0.2) is 0 Å². The van der Waals surface area contributed by atoms with Crippen molar-refractivity contribution in [3.05, 3.63) is 33.4 Å². The molecule has 1 amide bonds. The Morgan fingerprint density at radius 1 is 1.19 bits per heavy atom. The minimum absolute atomic E-state index is 0. The Kier molecular flexibility index (Phi) is 7.27. The van der Waals surface area contributed by atoms with Gasteiger partial charge in [-0.25, -0.2) is 4.79 Å². The van der Waals surface area contributed by atoms with E-state index in [-0.39, 0.29) is 42.1 Å². The first-order valence-corrected chi connectivity index (χ1v) is 8.80. The molecule has 0 atom stereocenters. The standard InChI is InChI=1S/C17H18Cl2N2O4.Na.H/c1-2-25-16(22)9-21-14-4-6-20(17(23)24)5-3-10(14)11-7-12(18)13(19)8-15(11)21;;/h7-8H,2-6,9H2,1H3,(H,23,24);;. The van der Waals surface area contributed by atoms with E-state index in [1.54, 1.807) is 19.1 Å². The Labute approximate surface area is 183 Å². The second kappa shape index (κ2) is 8.85. The zero-order chi connectivity index (χ0) is 18.1. The third kappa shape index (κ3) is 4.15. The van der Waals surface area contributed by atoms with Crippen LogP contribution in [-0.4, -0.2) is 75.9 Å². The van der Waals surface area contributed by atoms with Gasteiger partial charge in [-0.1, -0.05) is 23.2 Å². The summed E-state index contributed by atoms with van der Waals surface area (Å²) in [5.41, 5.74) is 2.77. The molecule has 0 aliphatic carbocycles. The summed E-state index contributed by atoms with van der Waals surface area (Å²) < 4.78 is 6.95. The first-order valence-electron chi connectivity index (χ1n) is 8.04. The van der Waals surface area contributed by atoms with Crippen LogP contribution >= 0.6 is 23.2 Å². The maximum atomic E-state index is 12.0.